The Bertz CT molecular complexity index is 675. The van der Waals surface area contributed by atoms with Crippen LogP contribution in [0.25, 0.3) is 22.2 Å². The fraction of sp³-hybridized carbons (Fsp3) is 0.0833. The van der Waals surface area contributed by atoms with Gasteiger partial charge in [-0.05, 0) is 19.1 Å². The van der Waals surface area contributed by atoms with Crippen LogP contribution in [0.15, 0.2) is 34.4 Å². The van der Waals surface area contributed by atoms with Crippen molar-refractivity contribution in [2.45, 2.75) is 6.92 Å². The summed E-state index contributed by atoms with van der Waals surface area (Å²) in [7, 11) is 0. The number of nitrogen functional groups attached to an aromatic ring is 1. The molecule has 0 fully saturated rings. The molecule has 1 aromatic carbocycles. The normalized spacial score (nSPS) is 10.7. The van der Waals surface area contributed by atoms with E-state index in [2.05, 4.69) is 15.1 Å². The van der Waals surface area contributed by atoms with Gasteiger partial charge in [0, 0.05) is 11.9 Å². The van der Waals surface area contributed by atoms with Gasteiger partial charge in [-0.3, -0.25) is 4.98 Å². The lowest BCUT2D eigenvalue weighted by molar-refractivity contribution is 0.432. The summed E-state index contributed by atoms with van der Waals surface area (Å²) in [6.07, 6.45) is 1.71. The molecule has 90 valence electrons. The molecule has 2 aromatic heterocycles. The molecule has 0 bridgehead atoms. The van der Waals surface area contributed by atoms with E-state index >= 15 is 0 Å². The highest BCUT2D eigenvalue weighted by atomic mass is 32.1. The van der Waals surface area contributed by atoms with Crippen LogP contribution in [0.1, 0.15) is 5.56 Å². The van der Waals surface area contributed by atoms with Crippen molar-refractivity contribution in [3.8, 4) is 22.2 Å². The molecule has 18 heavy (non-hydrogen) atoms. The maximum Gasteiger partial charge on any atom is 0.260 e. The largest absolute Gasteiger partial charge is 0.398 e. The molecule has 6 heteroatoms. The zero-order chi connectivity index (χ0) is 12.5. The molecule has 0 spiro atoms. The molecule has 0 unspecified atom stereocenters. The maximum absolute atomic E-state index is 5.91. The van der Waals surface area contributed by atoms with Crippen molar-refractivity contribution < 1.29 is 4.52 Å². The maximum atomic E-state index is 5.91. The van der Waals surface area contributed by atoms with Gasteiger partial charge in [-0.2, -0.15) is 4.98 Å². The van der Waals surface area contributed by atoms with Crippen molar-refractivity contribution in [1.82, 2.24) is 15.1 Å². The third kappa shape index (κ3) is 1.86. The lowest BCUT2D eigenvalue weighted by Gasteiger charge is -2.01. The van der Waals surface area contributed by atoms with Crippen molar-refractivity contribution in [3.05, 3.63) is 35.5 Å². The van der Waals surface area contributed by atoms with Crippen LogP contribution in [0.3, 0.4) is 0 Å². The minimum absolute atomic E-state index is 0.430. The van der Waals surface area contributed by atoms with Crippen molar-refractivity contribution >= 4 is 17.0 Å². The van der Waals surface area contributed by atoms with Gasteiger partial charge >= 0.3 is 0 Å². The van der Waals surface area contributed by atoms with Gasteiger partial charge in [0.2, 0.25) is 5.82 Å². The zero-order valence-corrected chi connectivity index (χ0v) is 10.4. The molecule has 3 rings (SSSR count). The second-order valence-electron chi connectivity index (χ2n) is 3.88. The van der Waals surface area contributed by atoms with Crippen LogP contribution in [-0.2, 0) is 0 Å². The Hall–Kier alpha value is -2.21. The molecule has 0 aliphatic heterocycles. The van der Waals surface area contributed by atoms with E-state index in [-0.39, 0.29) is 0 Å². The molecule has 5 nitrogen and oxygen atoms in total. The van der Waals surface area contributed by atoms with E-state index in [1.807, 2.05) is 25.1 Å². The number of anilines is 1. The SMILES string of the molecule is Cc1ccc(N)c(-c2nc(-c3cncs3)no2)c1. The van der Waals surface area contributed by atoms with Crippen LogP contribution in [0.4, 0.5) is 5.69 Å². The molecule has 0 saturated carbocycles. The quantitative estimate of drug-likeness (QED) is 0.715. The van der Waals surface area contributed by atoms with Crippen LogP contribution in [0, 0.1) is 6.92 Å². The van der Waals surface area contributed by atoms with Crippen LogP contribution in [0.2, 0.25) is 0 Å². The number of aryl methyl sites for hydroxylation is 1. The molecule has 0 amide bonds. The molecule has 0 aliphatic rings. The van der Waals surface area contributed by atoms with E-state index in [1.165, 1.54) is 11.3 Å². The Morgan fingerprint density at radius 3 is 3.00 bits per heavy atom. The molecule has 0 saturated heterocycles. The number of rotatable bonds is 2. The van der Waals surface area contributed by atoms with Gasteiger partial charge in [0.05, 0.1) is 16.0 Å². The highest BCUT2D eigenvalue weighted by Crippen LogP contribution is 2.28. The minimum atomic E-state index is 0.430. The fourth-order valence-electron chi connectivity index (χ4n) is 1.61. The second-order valence-corrected chi connectivity index (χ2v) is 4.77. The van der Waals surface area contributed by atoms with Crippen molar-refractivity contribution in [2.24, 2.45) is 0 Å². The standard InChI is InChI=1S/C12H10N4OS/c1-7-2-3-9(13)8(4-7)12-15-11(16-17-12)10-5-14-6-18-10/h2-6H,13H2,1H3. The second kappa shape index (κ2) is 4.23. The summed E-state index contributed by atoms with van der Waals surface area (Å²) >= 11 is 1.46. The number of hydrogen-bond donors (Lipinski definition) is 1. The molecule has 0 aliphatic carbocycles. The first-order chi connectivity index (χ1) is 8.74. The number of nitrogens with two attached hydrogens (primary N) is 1. The lowest BCUT2D eigenvalue weighted by Crippen LogP contribution is -1.90. The van der Waals surface area contributed by atoms with Gasteiger partial charge in [-0.15, -0.1) is 11.3 Å². The van der Waals surface area contributed by atoms with E-state index in [9.17, 15) is 0 Å². The van der Waals surface area contributed by atoms with Crippen LogP contribution in [0.5, 0.6) is 0 Å². The highest BCUT2D eigenvalue weighted by molar-refractivity contribution is 7.13. The molecule has 2 N–H and O–H groups in total. The molecule has 3 aromatic rings. The fourth-order valence-corrected chi connectivity index (χ4v) is 2.16. The summed E-state index contributed by atoms with van der Waals surface area (Å²) in [4.78, 5) is 9.19. The third-order valence-electron chi connectivity index (χ3n) is 2.52. The monoisotopic (exact) mass is 258 g/mol. The van der Waals surface area contributed by atoms with E-state index in [0.717, 1.165) is 16.0 Å². The topological polar surface area (TPSA) is 77.8 Å². The summed E-state index contributed by atoms with van der Waals surface area (Å²) in [5.41, 5.74) is 10.1. The summed E-state index contributed by atoms with van der Waals surface area (Å²) in [5, 5.41) is 3.93. The van der Waals surface area contributed by atoms with Crippen molar-refractivity contribution in [3.63, 3.8) is 0 Å². The minimum Gasteiger partial charge on any atom is -0.398 e. The summed E-state index contributed by atoms with van der Waals surface area (Å²) in [5.74, 6) is 0.966. The Morgan fingerprint density at radius 1 is 1.33 bits per heavy atom. The highest BCUT2D eigenvalue weighted by Gasteiger charge is 2.13. The van der Waals surface area contributed by atoms with Crippen LogP contribution in [-0.4, -0.2) is 15.1 Å². The van der Waals surface area contributed by atoms with Gasteiger partial charge in [0.25, 0.3) is 5.89 Å². The van der Waals surface area contributed by atoms with Crippen LogP contribution < -0.4 is 5.73 Å². The first-order valence-electron chi connectivity index (χ1n) is 5.33. The first kappa shape index (κ1) is 10.9. The van der Waals surface area contributed by atoms with Crippen LogP contribution >= 0.6 is 11.3 Å². The predicted molar refractivity (Wildman–Crippen MR) is 70.0 cm³/mol. The molecule has 2 heterocycles. The Kier molecular flexibility index (Phi) is 2.56. The van der Waals surface area contributed by atoms with Gasteiger partial charge in [-0.1, -0.05) is 16.8 Å². The number of thiazole rings is 1. The van der Waals surface area contributed by atoms with Gasteiger partial charge in [0.15, 0.2) is 0 Å². The van der Waals surface area contributed by atoms with E-state index in [4.69, 9.17) is 10.3 Å². The number of hydrogen-bond acceptors (Lipinski definition) is 6. The zero-order valence-electron chi connectivity index (χ0n) is 9.62. The number of nitrogens with zero attached hydrogens (tertiary/aromatic N) is 3. The van der Waals surface area contributed by atoms with Crippen molar-refractivity contribution in [2.75, 3.05) is 5.73 Å². The Balaban J connectivity index is 2.05. The number of aromatic nitrogens is 3. The summed E-state index contributed by atoms with van der Waals surface area (Å²) < 4.78 is 5.25. The molecule has 0 radical (unpaired) electrons. The lowest BCUT2D eigenvalue weighted by atomic mass is 10.1. The molecular formula is C12H10N4OS. The van der Waals surface area contributed by atoms with Gasteiger partial charge in [0.1, 0.15) is 0 Å². The third-order valence-corrected chi connectivity index (χ3v) is 3.29. The number of benzene rings is 1. The predicted octanol–water partition coefficient (Wildman–Crippen LogP) is 2.75. The summed E-state index contributed by atoms with van der Waals surface area (Å²) in [6, 6.07) is 5.71. The van der Waals surface area contributed by atoms with Crippen molar-refractivity contribution in [1.29, 1.82) is 0 Å². The average Bonchev–Trinajstić information content (AvgIpc) is 3.00. The molecular weight excluding hydrogens is 248 g/mol. The Morgan fingerprint density at radius 2 is 2.22 bits per heavy atom. The van der Waals surface area contributed by atoms with E-state index < -0.39 is 0 Å². The van der Waals surface area contributed by atoms with Gasteiger partial charge in [-0.25, -0.2) is 0 Å². The molecule has 0 atom stereocenters. The average molecular weight is 258 g/mol. The summed E-state index contributed by atoms with van der Waals surface area (Å²) in [6.45, 7) is 1.99. The smallest absolute Gasteiger partial charge is 0.260 e. The first-order valence-corrected chi connectivity index (χ1v) is 6.21. The van der Waals surface area contributed by atoms with Gasteiger partial charge < -0.3 is 10.3 Å². The van der Waals surface area contributed by atoms with E-state index in [0.29, 0.717) is 17.4 Å². The Labute approximate surface area is 107 Å². The van der Waals surface area contributed by atoms with E-state index in [1.54, 1.807) is 11.7 Å².